The number of carboxylic acids is 1. The van der Waals surface area contributed by atoms with E-state index in [0.29, 0.717) is 25.3 Å². The number of piperidine rings is 1. The van der Waals surface area contributed by atoms with E-state index >= 15 is 0 Å². The van der Waals surface area contributed by atoms with E-state index in [1.807, 2.05) is 19.1 Å². The number of aliphatic carboxylic acids is 1. The van der Waals surface area contributed by atoms with Gasteiger partial charge in [-0.25, -0.2) is 0 Å². The number of amides is 1. The van der Waals surface area contributed by atoms with Crippen molar-refractivity contribution in [1.29, 1.82) is 0 Å². The number of nitrogens with zero attached hydrogens (tertiary/aromatic N) is 1. The van der Waals surface area contributed by atoms with Crippen molar-refractivity contribution in [2.45, 2.75) is 32.6 Å². The highest BCUT2D eigenvalue weighted by Gasteiger charge is 2.27. The Bertz CT molecular complexity index is 783. The molecular weight excluding hydrogens is 374 g/mol. The first-order valence-electron chi connectivity index (χ1n) is 8.15. The Kier molecular flexibility index (Phi) is 4.94. The van der Waals surface area contributed by atoms with Crippen molar-refractivity contribution in [3.63, 3.8) is 0 Å². The van der Waals surface area contributed by atoms with Crippen LogP contribution in [0.2, 0.25) is 0 Å². The molecule has 0 spiro atoms. The normalized spacial score (nSPS) is 18.1. The van der Waals surface area contributed by atoms with Gasteiger partial charge in [-0.05, 0) is 55.9 Å². The van der Waals surface area contributed by atoms with Crippen LogP contribution < -0.4 is 0 Å². The zero-order valence-electron chi connectivity index (χ0n) is 13.5. The molecule has 0 radical (unpaired) electrons. The van der Waals surface area contributed by atoms with Gasteiger partial charge in [0.05, 0.1) is 0 Å². The summed E-state index contributed by atoms with van der Waals surface area (Å²) in [6.45, 7) is 3.25. The molecule has 5 nitrogen and oxygen atoms in total. The van der Waals surface area contributed by atoms with Gasteiger partial charge >= 0.3 is 5.97 Å². The van der Waals surface area contributed by atoms with Crippen LogP contribution in [0.4, 0.5) is 0 Å². The summed E-state index contributed by atoms with van der Waals surface area (Å²) in [5.74, 6) is -0.289. The lowest BCUT2D eigenvalue weighted by Crippen LogP contribution is -2.39. The van der Waals surface area contributed by atoms with Gasteiger partial charge in [-0.3, -0.25) is 9.59 Å². The molecule has 0 saturated carbocycles. The predicted molar refractivity (Wildman–Crippen MR) is 94.1 cm³/mol. The molecule has 1 amide bonds. The number of benzene rings is 1. The van der Waals surface area contributed by atoms with E-state index in [1.165, 1.54) is 0 Å². The highest BCUT2D eigenvalue weighted by molar-refractivity contribution is 9.10. The third-order valence-corrected chi connectivity index (χ3v) is 5.01. The van der Waals surface area contributed by atoms with Gasteiger partial charge in [-0.15, -0.1) is 0 Å². The van der Waals surface area contributed by atoms with E-state index in [9.17, 15) is 9.59 Å². The minimum atomic E-state index is -0.781. The molecule has 3 rings (SSSR count). The van der Waals surface area contributed by atoms with Crippen molar-refractivity contribution < 1.29 is 19.1 Å². The predicted octanol–water partition coefficient (Wildman–Crippen LogP) is 4.22. The Labute approximate surface area is 148 Å². The summed E-state index contributed by atoms with van der Waals surface area (Å²) in [5.41, 5.74) is 1.72. The fraction of sp³-hybridized carbons (Fsp3) is 0.444. The van der Waals surface area contributed by atoms with Crippen molar-refractivity contribution in [3.8, 4) is 0 Å². The Balaban J connectivity index is 1.76. The number of carbonyl (C=O) groups is 2. The van der Waals surface area contributed by atoms with Crippen LogP contribution in [0, 0.1) is 12.8 Å². The number of carbonyl (C=O) groups excluding carboxylic acids is 1. The molecule has 1 aromatic carbocycles. The smallest absolute Gasteiger partial charge is 0.303 e. The molecule has 1 atom stereocenters. The molecule has 1 aliphatic heterocycles. The molecule has 2 aromatic rings. The van der Waals surface area contributed by atoms with Gasteiger partial charge in [0.25, 0.3) is 5.91 Å². The van der Waals surface area contributed by atoms with E-state index in [1.54, 1.807) is 11.0 Å². The number of hydrogen-bond acceptors (Lipinski definition) is 3. The summed E-state index contributed by atoms with van der Waals surface area (Å²) < 4.78 is 6.75. The SMILES string of the molecule is Cc1cc(Br)cc2cc(C(=O)N3CCCC(CCC(=O)O)C3)oc12. The Morgan fingerprint density at radius 2 is 2.17 bits per heavy atom. The maximum Gasteiger partial charge on any atom is 0.303 e. The van der Waals surface area contributed by atoms with E-state index in [-0.39, 0.29) is 18.2 Å². The van der Waals surface area contributed by atoms with Crippen LogP contribution in [0.15, 0.2) is 27.1 Å². The average Bonchev–Trinajstić information content (AvgIpc) is 2.96. The van der Waals surface area contributed by atoms with E-state index in [0.717, 1.165) is 33.8 Å². The van der Waals surface area contributed by atoms with Gasteiger partial charge in [0.15, 0.2) is 5.76 Å². The summed E-state index contributed by atoms with van der Waals surface area (Å²) >= 11 is 3.46. The number of hydrogen-bond donors (Lipinski definition) is 1. The summed E-state index contributed by atoms with van der Waals surface area (Å²) in [5, 5.41) is 9.73. The monoisotopic (exact) mass is 393 g/mol. The van der Waals surface area contributed by atoms with Gasteiger partial charge in [0.2, 0.25) is 0 Å². The molecular formula is C18H20BrNO4. The lowest BCUT2D eigenvalue weighted by Gasteiger charge is -2.32. The summed E-state index contributed by atoms with van der Waals surface area (Å²) in [7, 11) is 0. The second kappa shape index (κ2) is 6.97. The second-order valence-corrected chi connectivity index (χ2v) is 7.36. The van der Waals surface area contributed by atoms with Gasteiger partial charge in [0.1, 0.15) is 5.58 Å². The van der Waals surface area contributed by atoms with Gasteiger partial charge in [0, 0.05) is 29.4 Å². The third-order valence-electron chi connectivity index (χ3n) is 4.55. The van der Waals surface area contributed by atoms with E-state index < -0.39 is 5.97 Å². The quantitative estimate of drug-likeness (QED) is 0.843. The van der Waals surface area contributed by atoms with Crippen LogP contribution in [0.1, 0.15) is 41.8 Å². The standard InChI is InChI=1S/C18H20BrNO4/c1-11-7-14(19)8-13-9-15(24-17(11)13)18(23)20-6-2-3-12(10-20)4-5-16(21)22/h7-9,12H,2-6,10H2,1H3,(H,21,22). The van der Waals surface area contributed by atoms with Gasteiger partial charge < -0.3 is 14.4 Å². The Morgan fingerprint density at radius 3 is 2.92 bits per heavy atom. The number of rotatable bonds is 4. The zero-order valence-corrected chi connectivity index (χ0v) is 15.1. The van der Waals surface area contributed by atoms with Crippen LogP contribution in [0.3, 0.4) is 0 Å². The molecule has 2 heterocycles. The molecule has 1 fully saturated rings. The largest absolute Gasteiger partial charge is 0.481 e. The number of likely N-dealkylation sites (tertiary alicyclic amines) is 1. The number of aryl methyl sites for hydroxylation is 1. The highest BCUT2D eigenvalue weighted by atomic mass is 79.9. The van der Waals surface area contributed by atoms with Crippen LogP contribution >= 0.6 is 15.9 Å². The van der Waals surface area contributed by atoms with Crippen LogP contribution in [-0.4, -0.2) is 35.0 Å². The van der Waals surface area contributed by atoms with Gasteiger partial charge in [-0.1, -0.05) is 15.9 Å². The van der Waals surface area contributed by atoms with Crippen molar-refractivity contribution in [2.75, 3.05) is 13.1 Å². The molecule has 24 heavy (non-hydrogen) atoms. The number of carboxylic acid groups (broad SMARTS) is 1. The first-order chi connectivity index (χ1) is 11.4. The number of furan rings is 1. The maximum absolute atomic E-state index is 12.8. The average molecular weight is 394 g/mol. The molecule has 1 aliphatic rings. The van der Waals surface area contributed by atoms with Crippen LogP contribution in [0.25, 0.3) is 11.0 Å². The van der Waals surface area contributed by atoms with Crippen LogP contribution in [-0.2, 0) is 4.79 Å². The lowest BCUT2D eigenvalue weighted by molar-refractivity contribution is -0.137. The minimum absolute atomic E-state index is 0.109. The molecule has 0 bridgehead atoms. The van der Waals surface area contributed by atoms with Crippen molar-refractivity contribution in [2.24, 2.45) is 5.92 Å². The molecule has 6 heteroatoms. The van der Waals surface area contributed by atoms with Crippen molar-refractivity contribution in [1.82, 2.24) is 4.90 Å². The second-order valence-electron chi connectivity index (χ2n) is 6.44. The van der Waals surface area contributed by atoms with E-state index in [2.05, 4.69) is 15.9 Å². The van der Waals surface area contributed by atoms with E-state index in [4.69, 9.17) is 9.52 Å². The molecule has 1 N–H and O–H groups in total. The molecule has 128 valence electrons. The highest BCUT2D eigenvalue weighted by Crippen LogP contribution is 2.29. The Hall–Kier alpha value is -1.82. The summed E-state index contributed by atoms with van der Waals surface area (Å²) in [6.07, 6.45) is 2.65. The first-order valence-corrected chi connectivity index (χ1v) is 8.94. The molecule has 1 saturated heterocycles. The third kappa shape index (κ3) is 3.64. The maximum atomic E-state index is 12.8. The molecule has 1 unspecified atom stereocenters. The first kappa shape index (κ1) is 17.0. The summed E-state index contributed by atoms with van der Waals surface area (Å²) in [4.78, 5) is 25.3. The van der Waals surface area contributed by atoms with Crippen molar-refractivity contribution >= 4 is 38.8 Å². The van der Waals surface area contributed by atoms with Gasteiger partial charge in [-0.2, -0.15) is 0 Å². The molecule has 1 aromatic heterocycles. The zero-order chi connectivity index (χ0) is 17.3. The topological polar surface area (TPSA) is 70.8 Å². The fourth-order valence-electron chi connectivity index (χ4n) is 3.36. The minimum Gasteiger partial charge on any atom is -0.481 e. The fourth-order valence-corrected chi connectivity index (χ4v) is 3.95. The lowest BCUT2D eigenvalue weighted by atomic mass is 9.93. The summed E-state index contributed by atoms with van der Waals surface area (Å²) in [6, 6.07) is 5.69. The van der Waals surface area contributed by atoms with Crippen LogP contribution in [0.5, 0.6) is 0 Å². The van der Waals surface area contributed by atoms with Crippen molar-refractivity contribution in [3.05, 3.63) is 34.0 Å². The Morgan fingerprint density at radius 1 is 1.38 bits per heavy atom. The number of halogens is 1. The molecule has 0 aliphatic carbocycles. The number of fused-ring (bicyclic) bond motifs is 1.